The normalized spacial score (nSPS) is 19.8. The van der Waals surface area contributed by atoms with Crippen molar-refractivity contribution in [2.75, 3.05) is 11.9 Å². The molecule has 2 heterocycles. The Hall–Kier alpha value is -1.01. The van der Waals surface area contributed by atoms with Crippen molar-refractivity contribution in [2.45, 2.75) is 39.2 Å². The molecule has 1 aliphatic rings. The quantitative estimate of drug-likeness (QED) is 0.897. The smallest absolute Gasteiger partial charge is 0.226 e. The molecular weight excluding hydrogens is 238 g/mol. The SMILES string of the molecule is CC(C)CC(=O)Nc1nnc(C2CCCO2)s1. The average Bonchev–Trinajstić information content (AvgIpc) is 2.84. The lowest BCUT2D eigenvalue weighted by molar-refractivity contribution is -0.116. The van der Waals surface area contributed by atoms with Crippen LogP contribution < -0.4 is 5.32 Å². The molecule has 1 amide bonds. The van der Waals surface area contributed by atoms with Crippen LogP contribution in [-0.2, 0) is 9.53 Å². The third kappa shape index (κ3) is 3.47. The topological polar surface area (TPSA) is 64.1 Å². The summed E-state index contributed by atoms with van der Waals surface area (Å²) in [6, 6.07) is 0. The Morgan fingerprint density at radius 1 is 1.59 bits per heavy atom. The van der Waals surface area contributed by atoms with Gasteiger partial charge in [-0.3, -0.25) is 4.79 Å². The van der Waals surface area contributed by atoms with Gasteiger partial charge in [0.15, 0.2) is 0 Å². The molecule has 0 spiro atoms. The van der Waals surface area contributed by atoms with Gasteiger partial charge in [-0.2, -0.15) is 0 Å². The van der Waals surface area contributed by atoms with E-state index in [9.17, 15) is 4.79 Å². The van der Waals surface area contributed by atoms with Crippen LogP contribution in [0.15, 0.2) is 0 Å². The highest BCUT2D eigenvalue weighted by molar-refractivity contribution is 7.15. The first kappa shape index (κ1) is 12.4. The van der Waals surface area contributed by atoms with E-state index in [4.69, 9.17) is 4.74 Å². The van der Waals surface area contributed by atoms with Crippen LogP contribution in [0.4, 0.5) is 5.13 Å². The zero-order valence-electron chi connectivity index (χ0n) is 10.1. The van der Waals surface area contributed by atoms with Crippen molar-refractivity contribution in [3.63, 3.8) is 0 Å². The number of rotatable bonds is 4. The van der Waals surface area contributed by atoms with Crippen LogP contribution >= 0.6 is 11.3 Å². The molecule has 1 aliphatic heterocycles. The zero-order valence-corrected chi connectivity index (χ0v) is 10.9. The lowest BCUT2D eigenvalue weighted by atomic mass is 10.1. The third-order valence-corrected chi connectivity index (χ3v) is 3.42. The molecule has 0 bridgehead atoms. The molecule has 2 rings (SSSR count). The number of anilines is 1. The lowest BCUT2D eigenvalue weighted by Gasteiger charge is -2.03. The van der Waals surface area contributed by atoms with Crippen LogP contribution in [0.3, 0.4) is 0 Å². The van der Waals surface area contributed by atoms with E-state index in [0.29, 0.717) is 17.5 Å². The molecule has 17 heavy (non-hydrogen) atoms. The van der Waals surface area contributed by atoms with E-state index in [1.165, 1.54) is 11.3 Å². The second-order valence-electron chi connectivity index (χ2n) is 4.59. The van der Waals surface area contributed by atoms with E-state index in [1.807, 2.05) is 13.8 Å². The van der Waals surface area contributed by atoms with Crippen LogP contribution in [0.1, 0.15) is 44.2 Å². The minimum Gasteiger partial charge on any atom is -0.371 e. The Bertz CT molecular complexity index is 386. The summed E-state index contributed by atoms with van der Waals surface area (Å²) in [5, 5.41) is 12.2. The van der Waals surface area contributed by atoms with Gasteiger partial charge in [0, 0.05) is 13.0 Å². The molecule has 1 fully saturated rings. The van der Waals surface area contributed by atoms with E-state index in [0.717, 1.165) is 24.5 Å². The summed E-state index contributed by atoms with van der Waals surface area (Å²) in [6.07, 6.45) is 2.64. The van der Waals surface area contributed by atoms with Gasteiger partial charge in [-0.1, -0.05) is 25.2 Å². The van der Waals surface area contributed by atoms with Crippen LogP contribution in [0.5, 0.6) is 0 Å². The minimum absolute atomic E-state index is 0.00459. The van der Waals surface area contributed by atoms with Crippen LogP contribution in [0.2, 0.25) is 0 Å². The Morgan fingerprint density at radius 3 is 3.06 bits per heavy atom. The maximum absolute atomic E-state index is 11.5. The van der Waals surface area contributed by atoms with Crippen molar-refractivity contribution in [2.24, 2.45) is 5.92 Å². The summed E-state index contributed by atoms with van der Waals surface area (Å²) in [4.78, 5) is 11.5. The average molecular weight is 255 g/mol. The van der Waals surface area contributed by atoms with Crippen molar-refractivity contribution in [3.8, 4) is 0 Å². The number of hydrogen-bond acceptors (Lipinski definition) is 5. The highest BCUT2D eigenvalue weighted by atomic mass is 32.1. The van der Waals surface area contributed by atoms with Crippen molar-refractivity contribution in [1.82, 2.24) is 10.2 Å². The molecule has 1 unspecified atom stereocenters. The van der Waals surface area contributed by atoms with E-state index in [2.05, 4.69) is 15.5 Å². The summed E-state index contributed by atoms with van der Waals surface area (Å²) in [5.41, 5.74) is 0. The van der Waals surface area contributed by atoms with Crippen LogP contribution in [0.25, 0.3) is 0 Å². The predicted molar refractivity (Wildman–Crippen MR) is 65.9 cm³/mol. The minimum atomic E-state index is -0.00459. The standard InChI is InChI=1S/C11H17N3O2S/c1-7(2)6-9(15)12-11-14-13-10(17-11)8-4-3-5-16-8/h7-8H,3-6H2,1-2H3,(H,12,14,15). The van der Waals surface area contributed by atoms with Crippen molar-refractivity contribution >= 4 is 22.4 Å². The molecule has 0 aromatic carbocycles. The molecule has 5 nitrogen and oxygen atoms in total. The number of ether oxygens (including phenoxy) is 1. The van der Waals surface area contributed by atoms with Gasteiger partial charge in [0.1, 0.15) is 11.1 Å². The van der Waals surface area contributed by atoms with Gasteiger partial charge < -0.3 is 10.1 Å². The zero-order chi connectivity index (χ0) is 12.3. The number of carbonyl (C=O) groups is 1. The fourth-order valence-electron chi connectivity index (χ4n) is 1.73. The van der Waals surface area contributed by atoms with Crippen molar-refractivity contribution in [3.05, 3.63) is 5.01 Å². The molecule has 1 atom stereocenters. The number of carbonyl (C=O) groups excluding carboxylic acids is 1. The van der Waals surface area contributed by atoms with Gasteiger partial charge in [0.2, 0.25) is 11.0 Å². The maximum Gasteiger partial charge on any atom is 0.226 e. The molecule has 0 radical (unpaired) electrons. The highest BCUT2D eigenvalue weighted by Crippen LogP contribution is 2.31. The Morgan fingerprint density at radius 2 is 2.41 bits per heavy atom. The Balaban J connectivity index is 1.91. The summed E-state index contributed by atoms with van der Waals surface area (Å²) in [6.45, 7) is 4.81. The van der Waals surface area contributed by atoms with E-state index in [-0.39, 0.29) is 12.0 Å². The van der Waals surface area contributed by atoms with Crippen molar-refractivity contribution < 1.29 is 9.53 Å². The van der Waals surface area contributed by atoms with Gasteiger partial charge >= 0.3 is 0 Å². The summed E-state index contributed by atoms with van der Waals surface area (Å²) in [7, 11) is 0. The second-order valence-corrected chi connectivity index (χ2v) is 5.60. The van der Waals surface area contributed by atoms with Gasteiger partial charge in [-0.15, -0.1) is 10.2 Å². The number of nitrogens with one attached hydrogen (secondary N) is 1. The molecule has 0 aliphatic carbocycles. The second kappa shape index (κ2) is 5.55. The van der Waals surface area contributed by atoms with E-state index in [1.54, 1.807) is 0 Å². The van der Waals surface area contributed by atoms with Gasteiger partial charge in [0.25, 0.3) is 0 Å². The number of aromatic nitrogens is 2. The first-order chi connectivity index (χ1) is 8.15. The molecular formula is C11H17N3O2S. The molecule has 1 saturated heterocycles. The molecule has 1 N–H and O–H groups in total. The van der Waals surface area contributed by atoms with E-state index >= 15 is 0 Å². The predicted octanol–water partition coefficient (Wildman–Crippen LogP) is 2.37. The first-order valence-electron chi connectivity index (χ1n) is 5.90. The highest BCUT2D eigenvalue weighted by Gasteiger charge is 2.22. The lowest BCUT2D eigenvalue weighted by Crippen LogP contribution is -2.13. The van der Waals surface area contributed by atoms with Gasteiger partial charge in [-0.25, -0.2) is 0 Å². The largest absolute Gasteiger partial charge is 0.371 e. The van der Waals surface area contributed by atoms with E-state index < -0.39 is 0 Å². The molecule has 6 heteroatoms. The third-order valence-electron chi connectivity index (χ3n) is 2.49. The maximum atomic E-state index is 11.5. The Labute approximate surface area is 105 Å². The summed E-state index contributed by atoms with van der Waals surface area (Å²) in [5.74, 6) is 0.343. The molecule has 0 saturated carbocycles. The molecule has 94 valence electrons. The summed E-state index contributed by atoms with van der Waals surface area (Å²) < 4.78 is 5.52. The molecule has 1 aromatic heterocycles. The molecule has 1 aromatic rings. The number of nitrogens with zero attached hydrogens (tertiary/aromatic N) is 2. The number of amides is 1. The van der Waals surface area contributed by atoms with Crippen molar-refractivity contribution in [1.29, 1.82) is 0 Å². The van der Waals surface area contributed by atoms with Crippen LogP contribution in [-0.4, -0.2) is 22.7 Å². The Kier molecular flexibility index (Phi) is 4.06. The first-order valence-corrected chi connectivity index (χ1v) is 6.71. The monoisotopic (exact) mass is 255 g/mol. The number of hydrogen-bond donors (Lipinski definition) is 1. The van der Waals surface area contributed by atoms with Crippen LogP contribution in [0, 0.1) is 5.92 Å². The van der Waals surface area contributed by atoms with Gasteiger partial charge in [0.05, 0.1) is 0 Å². The summed E-state index contributed by atoms with van der Waals surface area (Å²) >= 11 is 1.41. The van der Waals surface area contributed by atoms with Gasteiger partial charge in [-0.05, 0) is 18.8 Å². The fourth-order valence-corrected chi connectivity index (χ4v) is 2.57. The fraction of sp³-hybridized carbons (Fsp3) is 0.727.